The lowest BCUT2D eigenvalue weighted by Crippen LogP contribution is -2.31. The average molecular weight is 356 g/mol. The van der Waals surface area contributed by atoms with E-state index in [1.165, 1.54) is 6.92 Å². The highest BCUT2D eigenvalue weighted by Gasteiger charge is 2.20. The Kier molecular flexibility index (Phi) is 4.95. The third-order valence-electron chi connectivity index (χ3n) is 4.07. The highest BCUT2D eigenvalue weighted by molar-refractivity contribution is 6.29. The molecule has 1 atom stereocenters. The van der Waals surface area contributed by atoms with Crippen LogP contribution >= 0.6 is 11.6 Å². The molecule has 6 heteroatoms. The predicted molar refractivity (Wildman–Crippen MR) is 98.1 cm³/mol. The molecule has 25 heavy (non-hydrogen) atoms. The summed E-state index contributed by atoms with van der Waals surface area (Å²) in [5, 5.41) is 0.296. The second-order valence-electron chi connectivity index (χ2n) is 5.92. The van der Waals surface area contributed by atoms with Crippen LogP contribution in [0.1, 0.15) is 37.6 Å². The van der Waals surface area contributed by atoms with E-state index in [-0.39, 0.29) is 29.5 Å². The SMILES string of the molecule is CC[C@@H](c1ccccc1)n1c(=O)c(CC(C)=O)nc2ccc(Cl)nc21. The summed E-state index contributed by atoms with van der Waals surface area (Å²) >= 11 is 6.05. The van der Waals surface area contributed by atoms with Crippen LogP contribution in [-0.4, -0.2) is 20.3 Å². The van der Waals surface area contributed by atoms with E-state index in [1.54, 1.807) is 16.7 Å². The summed E-state index contributed by atoms with van der Waals surface area (Å²) in [4.78, 5) is 33.3. The Balaban J connectivity index is 2.33. The van der Waals surface area contributed by atoms with Crippen LogP contribution in [0.3, 0.4) is 0 Å². The molecule has 5 nitrogen and oxygen atoms in total. The summed E-state index contributed by atoms with van der Waals surface area (Å²) in [5.41, 5.74) is 1.91. The Morgan fingerprint density at radius 2 is 1.88 bits per heavy atom. The third-order valence-corrected chi connectivity index (χ3v) is 4.28. The lowest BCUT2D eigenvalue weighted by molar-refractivity contribution is -0.116. The predicted octanol–water partition coefficient (Wildman–Crippen LogP) is 3.58. The van der Waals surface area contributed by atoms with Crippen LogP contribution in [0.15, 0.2) is 47.3 Å². The van der Waals surface area contributed by atoms with E-state index < -0.39 is 0 Å². The number of fused-ring (bicyclic) bond motifs is 1. The quantitative estimate of drug-likeness (QED) is 0.656. The zero-order valence-corrected chi connectivity index (χ0v) is 14.8. The molecule has 0 spiro atoms. The number of pyridine rings is 1. The first-order chi connectivity index (χ1) is 12.0. The van der Waals surface area contributed by atoms with Gasteiger partial charge in [0.1, 0.15) is 22.1 Å². The van der Waals surface area contributed by atoms with Crippen LogP contribution in [0, 0.1) is 0 Å². The maximum Gasteiger partial charge on any atom is 0.274 e. The monoisotopic (exact) mass is 355 g/mol. The van der Waals surface area contributed by atoms with Gasteiger partial charge in [0.05, 0.1) is 12.5 Å². The van der Waals surface area contributed by atoms with Gasteiger partial charge in [-0.15, -0.1) is 0 Å². The van der Waals surface area contributed by atoms with Crippen molar-refractivity contribution in [3.8, 4) is 0 Å². The number of ketones is 1. The largest absolute Gasteiger partial charge is 0.300 e. The van der Waals surface area contributed by atoms with E-state index in [0.29, 0.717) is 22.7 Å². The van der Waals surface area contributed by atoms with E-state index in [4.69, 9.17) is 11.6 Å². The number of nitrogens with zero attached hydrogens (tertiary/aromatic N) is 3. The molecule has 0 aliphatic heterocycles. The Labute approximate surface area is 150 Å². The zero-order chi connectivity index (χ0) is 18.0. The fourth-order valence-electron chi connectivity index (χ4n) is 2.99. The fraction of sp³-hybridized carbons (Fsp3) is 0.263. The van der Waals surface area contributed by atoms with Crippen LogP contribution < -0.4 is 5.56 Å². The van der Waals surface area contributed by atoms with Crippen molar-refractivity contribution < 1.29 is 4.79 Å². The van der Waals surface area contributed by atoms with Crippen molar-refractivity contribution in [3.63, 3.8) is 0 Å². The van der Waals surface area contributed by atoms with Gasteiger partial charge in [-0.05, 0) is 31.0 Å². The molecule has 2 heterocycles. The highest BCUT2D eigenvalue weighted by Crippen LogP contribution is 2.24. The first-order valence-electron chi connectivity index (χ1n) is 8.13. The lowest BCUT2D eigenvalue weighted by atomic mass is 10.0. The van der Waals surface area contributed by atoms with E-state index in [0.717, 1.165) is 5.56 Å². The second kappa shape index (κ2) is 7.15. The molecule has 2 aromatic heterocycles. The molecule has 3 rings (SSSR count). The van der Waals surface area contributed by atoms with E-state index >= 15 is 0 Å². The number of aromatic nitrogens is 3. The average Bonchev–Trinajstić information content (AvgIpc) is 2.59. The summed E-state index contributed by atoms with van der Waals surface area (Å²) in [6.07, 6.45) is 0.694. The van der Waals surface area contributed by atoms with Crippen molar-refractivity contribution in [1.29, 1.82) is 0 Å². The molecule has 0 bridgehead atoms. The summed E-state index contributed by atoms with van der Waals surface area (Å²) in [6.45, 7) is 3.45. The smallest absolute Gasteiger partial charge is 0.274 e. The molecule has 0 aliphatic rings. The van der Waals surface area contributed by atoms with Crippen molar-refractivity contribution in [1.82, 2.24) is 14.5 Å². The van der Waals surface area contributed by atoms with Crippen LogP contribution in [-0.2, 0) is 11.2 Å². The van der Waals surface area contributed by atoms with Gasteiger partial charge >= 0.3 is 0 Å². The number of rotatable bonds is 5. The second-order valence-corrected chi connectivity index (χ2v) is 6.31. The van der Waals surface area contributed by atoms with Gasteiger partial charge in [0.15, 0.2) is 5.65 Å². The van der Waals surface area contributed by atoms with Gasteiger partial charge in [-0.25, -0.2) is 9.97 Å². The highest BCUT2D eigenvalue weighted by atomic mass is 35.5. The van der Waals surface area contributed by atoms with Gasteiger partial charge in [-0.1, -0.05) is 48.9 Å². The minimum atomic E-state index is -0.298. The number of Topliss-reactive ketones (excluding diaryl/α,β-unsaturated/α-hetero) is 1. The van der Waals surface area contributed by atoms with Crippen molar-refractivity contribution in [2.45, 2.75) is 32.7 Å². The number of benzene rings is 1. The Morgan fingerprint density at radius 1 is 1.16 bits per heavy atom. The standard InChI is InChI=1S/C19H18ClN3O2/c1-3-16(13-7-5-4-6-8-13)23-18-14(9-10-17(20)22-18)21-15(19(23)25)11-12(2)24/h4-10,16H,3,11H2,1-2H3/t16-/m0/s1. The fourth-order valence-corrected chi connectivity index (χ4v) is 3.14. The van der Waals surface area contributed by atoms with E-state index in [2.05, 4.69) is 9.97 Å². The van der Waals surface area contributed by atoms with E-state index in [9.17, 15) is 9.59 Å². The molecule has 1 aromatic carbocycles. The topological polar surface area (TPSA) is 64.8 Å². The van der Waals surface area contributed by atoms with Crippen molar-refractivity contribution in [3.05, 3.63) is 69.2 Å². The molecular weight excluding hydrogens is 338 g/mol. The molecule has 0 radical (unpaired) electrons. The molecule has 3 aromatic rings. The number of hydrogen-bond acceptors (Lipinski definition) is 4. The van der Waals surface area contributed by atoms with Crippen molar-refractivity contribution in [2.24, 2.45) is 0 Å². The molecule has 0 fully saturated rings. The molecule has 128 valence electrons. The normalized spacial score (nSPS) is 12.3. The molecule has 0 aliphatic carbocycles. The van der Waals surface area contributed by atoms with Crippen LogP contribution in [0.2, 0.25) is 5.15 Å². The molecular formula is C19H18ClN3O2. The summed E-state index contributed by atoms with van der Waals surface area (Å²) in [7, 11) is 0. The lowest BCUT2D eigenvalue weighted by Gasteiger charge is -2.21. The number of halogens is 1. The van der Waals surface area contributed by atoms with Crippen molar-refractivity contribution >= 4 is 28.5 Å². The van der Waals surface area contributed by atoms with Gasteiger partial charge in [0.2, 0.25) is 0 Å². The first kappa shape index (κ1) is 17.3. The van der Waals surface area contributed by atoms with Gasteiger partial charge in [-0.2, -0.15) is 0 Å². The summed E-state index contributed by atoms with van der Waals surface area (Å²) < 4.78 is 1.61. The van der Waals surface area contributed by atoms with Crippen LogP contribution in [0.5, 0.6) is 0 Å². The maximum absolute atomic E-state index is 13.1. The van der Waals surface area contributed by atoms with Gasteiger partial charge < -0.3 is 0 Å². The third kappa shape index (κ3) is 3.46. The minimum absolute atomic E-state index is 0.00260. The van der Waals surface area contributed by atoms with Gasteiger partial charge in [0, 0.05) is 0 Å². The zero-order valence-electron chi connectivity index (χ0n) is 14.1. The number of carbonyl (C=O) groups is 1. The summed E-state index contributed by atoms with van der Waals surface area (Å²) in [5.74, 6) is -0.106. The van der Waals surface area contributed by atoms with Gasteiger partial charge in [-0.3, -0.25) is 14.2 Å². The van der Waals surface area contributed by atoms with Gasteiger partial charge in [0.25, 0.3) is 5.56 Å². The molecule has 0 saturated heterocycles. The molecule has 0 unspecified atom stereocenters. The first-order valence-corrected chi connectivity index (χ1v) is 8.51. The van der Waals surface area contributed by atoms with Crippen LogP contribution in [0.4, 0.5) is 0 Å². The number of carbonyl (C=O) groups excluding carboxylic acids is 1. The Hall–Kier alpha value is -2.53. The Morgan fingerprint density at radius 3 is 2.52 bits per heavy atom. The number of hydrogen-bond donors (Lipinski definition) is 0. The van der Waals surface area contributed by atoms with Crippen LogP contribution in [0.25, 0.3) is 11.2 Å². The molecule has 0 N–H and O–H groups in total. The summed E-state index contributed by atoms with van der Waals surface area (Å²) in [6, 6.07) is 12.9. The maximum atomic E-state index is 13.1. The van der Waals surface area contributed by atoms with Crippen molar-refractivity contribution in [2.75, 3.05) is 0 Å². The Bertz CT molecular complexity index is 983. The van der Waals surface area contributed by atoms with E-state index in [1.807, 2.05) is 37.3 Å². The molecule has 0 saturated carbocycles. The minimum Gasteiger partial charge on any atom is -0.300 e. The molecule has 0 amide bonds.